The zero-order valence-electron chi connectivity index (χ0n) is 20.9. The van der Waals surface area contributed by atoms with E-state index in [1.807, 2.05) is 37.3 Å². The maximum atomic E-state index is 13.2. The lowest BCUT2D eigenvalue weighted by atomic mass is 9.95. The van der Waals surface area contributed by atoms with Gasteiger partial charge in [-0.05, 0) is 37.1 Å². The van der Waals surface area contributed by atoms with Crippen LogP contribution in [0.5, 0.6) is 11.5 Å². The third kappa shape index (κ3) is 7.19. The molecular weight excluding hydrogens is 448 g/mol. The lowest BCUT2D eigenvalue weighted by Crippen LogP contribution is -2.51. The summed E-state index contributed by atoms with van der Waals surface area (Å²) in [5.74, 6) is 0.0000423. The molecule has 2 aromatic carbocycles. The van der Waals surface area contributed by atoms with E-state index in [2.05, 4.69) is 10.6 Å². The maximum Gasteiger partial charge on any atom is 0.329 e. The molecular formula is C27H36N2O6. The number of hydrogen-bond acceptors (Lipinski definition) is 7. The number of amides is 1. The highest BCUT2D eigenvalue weighted by atomic mass is 16.5. The number of rotatable bonds is 12. The number of carbonyl (C=O) groups excluding carboxylic acids is 2. The van der Waals surface area contributed by atoms with Crippen LogP contribution >= 0.6 is 0 Å². The Hall–Kier alpha value is -3.10. The van der Waals surface area contributed by atoms with Crippen LogP contribution in [0.4, 0.5) is 0 Å². The summed E-state index contributed by atoms with van der Waals surface area (Å²) in [7, 11) is 4.74. The summed E-state index contributed by atoms with van der Waals surface area (Å²) < 4.78 is 21.9. The largest absolute Gasteiger partial charge is 0.497 e. The summed E-state index contributed by atoms with van der Waals surface area (Å²) in [6.07, 6.45) is 2.04. The second-order valence-corrected chi connectivity index (χ2v) is 8.73. The minimum Gasteiger partial charge on any atom is -0.497 e. The smallest absolute Gasteiger partial charge is 0.329 e. The molecule has 1 amide bonds. The van der Waals surface area contributed by atoms with Gasteiger partial charge in [-0.3, -0.25) is 4.79 Å². The van der Waals surface area contributed by atoms with Gasteiger partial charge in [-0.2, -0.15) is 0 Å². The van der Waals surface area contributed by atoms with E-state index in [4.69, 9.17) is 18.9 Å². The first-order valence-corrected chi connectivity index (χ1v) is 11.9. The number of nitrogens with one attached hydrogen (secondary N) is 2. The average Bonchev–Trinajstić information content (AvgIpc) is 3.42. The van der Waals surface area contributed by atoms with E-state index in [9.17, 15) is 9.59 Å². The molecule has 0 radical (unpaired) electrons. The molecule has 3 unspecified atom stereocenters. The standard InChI is InChI=1S/C27H36N2O6/c1-18(25(34-4)22-11-8-14-28-22)26(30)29-23(15-19-9-6-5-7-10-19)27(31)35-17-20-12-13-21(32-2)16-24(20)33-3/h5-7,9-10,12-13,16,18,22-23,25,28H,8,11,14-15,17H2,1-4H3,(H,29,30)/t18?,22?,23?,25-/m1/s1. The highest BCUT2D eigenvalue weighted by Gasteiger charge is 2.35. The van der Waals surface area contributed by atoms with Crippen LogP contribution in [-0.2, 0) is 32.1 Å². The van der Waals surface area contributed by atoms with Crippen LogP contribution in [0.15, 0.2) is 48.5 Å². The van der Waals surface area contributed by atoms with Crippen LogP contribution in [0.2, 0.25) is 0 Å². The van der Waals surface area contributed by atoms with Crippen molar-refractivity contribution in [1.29, 1.82) is 0 Å². The summed E-state index contributed by atoms with van der Waals surface area (Å²) in [4.78, 5) is 26.3. The Labute approximate surface area is 207 Å². The summed E-state index contributed by atoms with van der Waals surface area (Å²) in [5, 5.41) is 6.31. The minimum atomic E-state index is -0.842. The predicted molar refractivity (Wildman–Crippen MR) is 132 cm³/mol. The summed E-state index contributed by atoms with van der Waals surface area (Å²) in [6, 6.07) is 14.1. The highest BCUT2D eigenvalue weighted by Crippen LogP contribution is 2.25. The van der Waals surface area contributed by atoms with Gasteiger partial charge in [-0.25, -0.2) is 4.79 Å². The van der Waals surface area contributed by atoms with Crippen molar-refractivity contribution < 1.29 is 28.5 Å². The lowest BCUT2D eigenvalue weighted by molar-refractivity contribution is -0.150. The van der Waals surface area contributed by atoms with Crippen molar-refractivity contribution in [2.45, 2.75) is 51.0 Å². The monoisotopic (exact) mass is 484 g/mol. The number of esters is 1. The van der Waals surface area contributed by atoms with Crippen molar-refractivity contribution in [3.63, 3.8) is 0 Å². The number of methoxy groups -OCH3 is 3. The van der Waals surface area contributed by atoms with Crippen LogP contribution < -0.4 is 20.1 Å². The SMILES string of the molecule is COc1ccc(COC(=O)C(Cc2ccccc2)NC(=O)C(C)[C@@H](OC)C2CCCN2)c(OC)c1. The number of carbonyl (C=O) groups is 2. The Bertz CT molecular complexity index is 961. The molecule has 8 nitrogen and oxygen atoms in total. The number of ether oxygens (including phenoxy) is 4. The van der Waals surface area contributed by atoms with Gasteiger partial charge in [0, 0.05) is 31.2 Å². The van der Waals surface area contributed by atoms with Gasteiger partial charge < -0.3 is 29.6 Å². The van der Waals surface area contributed by atoms with Gasteiger partial charge >= 0.3 is 5.97 Å². The zero-order chi connectivity index (χ0) is 25.2. The van der Waals surface area contributed by atoms with Crippen molar-refractivity contribution in [3.8, 4) is 11.5 Å². The van der Waals surface area contributed by atoms with Gasteiger partial charge in [-0.15, -0.1) is 0 Å². The topological polar surface area (TPSA) is 95.1 Å². The molecule has 0 aromatic heterocycles. The predicted octanol–water partition coefficient (Wildman–Crippen LogP) is 2.88. The molecule has 1 saturated heterocycles. The van der Waals surface area contributed by atoms with Crippen molar-refractivity contribution in [2.24, 2.45) is 5.92 Å². The van der Waals surface area contributed by atoms with E-state index in [0.29, 0.717) is 23.5 Å². The highest BCUT2D eigenvalue weighted by molar-refractivity contribution is 5.86. The summed E-state index contributed by atoms with van der Waals surface area (Å²) >= 11 is 0. The normalized spacial score (nSPS) is 17.8. The van der Waals surface area contributed by atoms with Gasteiger partial charge in [0.1, 0.15) is 24.1 Å². The van der Waals surface area contributed by atoms with E-state index < -0.39 is 17.9 Å². The van der Waals surface area contributed by atoms with E-state index >= 15 is 0 Å². The molecule has 1 heterocycles. The van der Waals surface area contributed by atoms with Crippen molar-refractivity contribution in [2.75, 3.05) is 27.9 Å². The van der Waals surface area contributed by atoms with Crippen molar-refractivity contribution in [3.05, 3.63) is 59.7 Å². The third-order valence-corrected chi connectivity index (χ3v) is 6.42. The fourth-order valence-electron chi connectivity index (χ4n) is 4.42. The van der Waals surface area contributed by atoms with E-state index in [-0.39, 0.29) is 24.7 Å². The Morgan fingerprint density at radius 3 is 2.49 bits per heavy atom. The second-order valence-electron chi connectivity index (χ2n) is 8.73. The molecule has 8 heteroatoms. The average molecular weight is 485 g/mol. The molecule has 3 rings (SSSR count). The molecule has 35 heavy (non-hydrogen) atoms. The van der Waals surface area contributed by atoms with Gasteiger partial charge in [-0.1, -0.05) is 37.3 Å². The first kappa shape index (κ1) is 26.5. The van der Waals surface area contributed by atoms with Crippen LogP contribution in [0.3, 0.4) is 0 Å². The molecule has 2 aromatic rings. The van der Waals surface area contributed by atoms with Gasteiger partial charge in [0.2, 0.25) is 5.91 Å². The molecule has 0 spiro atoms. The Balaban J connectivity index is 1.71. The minimum absolute atomic E-state index is 0.00933. The zero-order valence-corrected chi connectivity index (χ0v) is 20.9. The number of benzene rings is 2. The molecule has 0 saturated carbocycles. The first-order valence-electron chi connectivity index (χ1n) is 11.9. The van der Waals surface area contributed by atoms with Gasteiger partial charge in [0.25, 0.3) is 0 Å². The summed E-state index contributed by atoms with van der Waals surface area (Å²) in [6.45, 7) is 2.75. The quantitative estimate of drug-likeness (QED) is 0.447. The molecule has 1 aliphatic rings. The van der Waals surface area contributed by atoms with E-state index in [1.54, 1.807) is 39.5 Å². The molecule has 190 valence electrons. The van der Waals surface area contributed by atoms with Crippen LogP contribution in [0.25, 0.3) is 0 Å². The number of hydrogen-bond donors (Lipinski definition) is 2. The van der Waals surface area contributed by atoms with Gasteiger partial charge in [0.05, 0.1) is 26.2 Å². The third-order valence-electron chi connectivity index (χ3n) is 6.42. The molecule has 1 fully saturated rings. The molecule has 4 atom stereocenters. The molecule has 0 aliphatic carbocycles. The fourth-order valence-corrected chi connectivity index (χ4v) is 4.42. The molecule has 2 N–H and O–H groups in total. The second kappa shape index (κ2) is 13.1. The first-order chi connectivity index (χ1) is 17.0. The fraction of sp³-hybridized carbons (Fsp3) is 0.481. The van der Waals surface area contributed by atoms with Crippen molar-refractivity contribution >= 4 is 11.9 Å². The Morgan fingerprint density at radius 2 is 1.86 bits per heavy atom. The Kier molecular flexibility index (Phi) is 9.93. The lowest BCUT2D eigenvalue weighted by Gasteiger charge is -2.29. The van der Waals surface area contributed by atoms with E-state index in [1.165, 1.54) is 0 Å². The van der Waals surface area contributed by atoms with Crippen LogP contribution in [-0.4, -0.2) is 57.9 Å². The van der Waals surface area contributed by atoms with E-state index in [0.717, 1.165) is 24.9 Å². The molecule has 0 bridgehead atoms. The van der Waals surface area contributed by atoms with Crippen molar-refractivity contribution in [1.82, 2.24) is 10.6 Å². The molecule has 1 aliphatic heterocycles. The summed E-state index contributed by atoms with van der Waals surface area (Å²) in [5.41, 5.74) is 1.62. The van der Waals surface area contributed by atoms with Crippen LogP contribution in [0.1, 0.15) is 30.9 Å². The Morgan fingerprint density at radius 1 is 1.09 bits per heavy atom. The maximum absolute atomic E-state index is 13.2. The van der Waals surface area contributed by atoms with Crippen LogP contribution in [0, 0.1) is 5.92 Å². The van der Waals surface area contributed by atoms with Gasteiger partial charge in [0.15, 0.2) is 0 Å².